The van der Waals surface area contributed by atoms with E-state index in [-0.39, 0.29) is 15.6 Å². The highest BCUT2D eigenvalue weighted by Gasteiger charge is 2.21. The van der Waals surface area contributed by atoms with E-state index in [1.807, 2.05) is 0 Å². The average molecular weight is 493 g/mol. The molecular formula is C19H13BrN2O5S2. The number of furan rings is 1. The van der Waals surface area contributed by atoms with Gasteiger partial charge in [-0.25, -0.2) is 22.0 Å². The molecule has 0 amide bonds. The van der Waals surface area contributed by atoms with Gasteiger partial charge in [-0.3, -0.25) is 0 Å². The van der Waals surface area contributed by atoms with Gasteiger partial charge >= 0.3 is 0 Å². The molecule has 0 saturated carbocycles. The van der Waals surface area contributed by atoms with Gasteiger partial charge in [-0.2, -0.15) is 5.26 Å². The van der Waals surface area contributed by atoms with E-state index in [9.17, 15) is 22.1 Å². The van der Waals surface area contributed by atoms with Crippen molar-refractivity contribution in [2.75, 3.05) is 0 Å². The summed E-state index contributed by atoms with van der Waals surface area (Å²) < 4.78 is 54.3. The van der Waals surface area contributed by atoms with Gasteiger partial charge in [0.25, 0.3) is 0 Å². The van der Waals surface area contributed by atoms with Crippen molar-refractivity contribution in [2.24, 2.45) is 5.14 Å². The van der Waals surface area contributed by atoms with E-state index in [0.29, 0.717) is 15.8 Å². The number of hydrogen-bond acceptors (Lipinski definition) is 6. The Morgan fingerprint density at radius 3 is 2.07 bits per heavy atom. The van der Waals surface area contributed by atoms with Crippen LogP contribution in [-0.4, -0.2) is 16.8 Å². The molecule has 148 valence electrons. The van der Waals surface area contributed by atoms with Gasteiger partial charge in [0.1, 0.15) is 17.6 Å². The summed E-state index contributed by atoms with van der Waals surface area (Å²) in [5.74, 6) is 0.531. The van der Waals surface area contributed by atoms with Crippen LogP contribution in [0.15, 0.2) is 84.2 Å². The SMILES string of the molecule is N#C/C(=C/c1ccc(-c2ccc(S(N)(=O)=O)cc2)o1)S(=O)(=O)c1ccc(Br)cc1. The summed E-state index contributed by atoms with van der Waals surface area (Å²) in [6.45, 7) is 0. The number of benzene rings is 2. The van der Waals surface area contributed by atoms with E-state index in [2.05, 4.69) is 15.9 Å². The van der Waals surface area contributed by atoms with Crippen LogP contribution < -0.4 is 5.14 Å². The van der Waals surface area contributed by atoms with Crippen LogP contribution in [0.2, 0.25) is 0 Å². The Hall–Kier alpha value is -2.71. The molecule has 0 radical (unpaired) electrons. The van der Waals surface area contributed by atoms with E-state index in [1.165, 1.54) is 42.5 Å². The van der Waals surface area contributed by atoms with Crippen molar-refractivity contribution < 1.29 is 21.3 Å². The smallest absolute Gasteiger partial charge is 0.238 e. The van der Waals surface area contributed by atoms with Crippen molar-refractivity contribution in [3.8, 4) is 17.4 Å². The van der Waals surface area contributed by atoms with Crippen LogP contribution in [-0.2, 0) is 19.9 Å². The Kier molecular flexibility index (Phi) is 5.77. The summed E-state index contributed by atoms with van der Waals surface area (Å²) in [6, 6.07) is 16.4. The molecule has 0 fully saturated rings. The molecular weight excluding hydrogens is 480 g/mol. The fraction of sp³-hybridized carbons (Fsp3) is 0. The van der Waals surface area contributed by atoms with Crippen LogP contribution >= 0.6 is 15.9 Å². The minimum absolute atomic E-state index is 0.0149. The largest absolute Gasteiger partial charge is 0.457 e. The number of nitrogens with two attached hydrogens (primary N) is 1. The van der Waals surface area contributed by atoms with Crippen LogP contribution in [0.3, 0.4) is 0 Å². The zero-order valence-electron chi connectivity index (χ0n) is 14.6. The van der Waals surface area contributed by atoms with Crippen LogP contribution in [0.4, 0.5) is 0 Å². The van der Waals surface area contributed by atoms with Crippen molar-refractivity contribution in [3.63, 3.8) is 0 Å². The second kappa shape index (κ2) is 7.96. The van der Waals surface area contributed by atoms with Gasteiger partial charge in [0.05, 0.1) is 9.79 Å². The number of sulfonamides is 1. The lowest BCUT2D eigenvalue weighted by molar-refractivity contribution is 0.571. The molecule has 2 aromatic carbocycles. The first-order valence-corrected chi connectivity index (χ1v) is 11.8. The van der Waals surface area contributed by atoms with Crippen LogP contribution in [0, 0.1) is 11.3 Å². The van der Waals surface area contributed by atoms with Crippen molar-refractivity contribution in [1.29, 1.82) is 5.26 Å². The highest BCUT2D eigenvalue weighted by Crippen LogP contribution is 2.27. The van der Waals surface area contributed by atoms with Gasteiger partial charge < -0.3 is 4.42 Å². The first-order chi connectivity index (χ1) is 13.6. The lowest BCUT2D eigenvalue weighted by Gasteiger charge is -2.03. The summed E-state index contributed by atoms with van der Waals surface area (Å²) in [6.07, 6.45) is 1.14. The Morgan fingerprint density at radius 2 is 1.52 bits per heavy atom. The number of nitriles is 1. The zero-order valence-corrected chi connectivity index (χ0v) is 17.8. The summed E-state index contributed by atoms with van der Waals surface area (Å²) in [5.41, 5.74) is 0.561. The molecule has 0 aliphatic heterocycles. The Balaban J connectivity index is 1.94. The number of halogens is 1. The molecule has 0 bridgehead atoms. The van der Waals surface area contributed by atoms with Crippen molar-refractivity contribution >= 4 is 41.9 Å². The Bertz CT molecular complexity index is 1330. The van der Waals surface area contributed by atoms with Crippen LogP contribution in [0.5, 0.6) is 0 Å². The maximum absolute atomic E-state index is 12.7. The second-order valence-electron chi connectivity index (χ2n) is 5.85. The highest BCUT2D eigenvalue weighted by molar-refractivity contribution is 9.10. The fourth-order valence-electron chi connectivity index (χ4n) is 2.43. The molecule has 0 saturated heterocycles. The fourth-order valence-corrected chi connectivity index (χ4v) is 4.35. The zero-order chi connectivity index (χ0) is 21.2. The topological polar surface area (TPSA) is 131 Å². The molecule has 29 heavy (non-hydrogen) atoms. The predicted octanol–water partition coefficient (Wildman–Crippen LogP) is 3.69. The molecule has 0 aliphatic carbocycles. The number of sulfone groups is 1. The first kappa shape index (κ1) is 21.0. The number of nitrogens with zero attached hydrogens (tertiary/aromatic N) is 1. The lowest BCUT2D eigenvalue weighted by Crippen LogP contribution is -2.11. The van der Waals surface area contributed by atoms with E-state index < -0.39 is 24.8 Å². The second-order valence-corrected chi connectivity index (χ2v) is 10.2. The molecule has 0 unspecified atom stereocenters. The van der Waals surface area contributed by atoms with Gasteiger partial charge in [-0.05, 0) is 60.7 Å². The van der Waals surface area contributed by atoms with Crippen molar-refractivity contribution in [3.05, 3.63) is 75.8 Å². The van der Waals surface area contributed by atoms with E-state index in [4.69, 9.17) is 9.56 Å². The third-order valence-corrected chi connectivity index (χ3v) is 7.03. The molecule has 3 aromatic rings. The molecule has 10 heteroatoms. The number of hydrogen-bond donors (Lipinski definition) is 1. The highest BCUT2D eigenvalue weighted by atomic mass is 79.9. The van der Waals surface area contributed by atoms with E-state index in [0.717, 1.165) is 6.08 Å². The minimum atomic E-state index is -4.00. The van der Waals surface area contributed by atoms with Crippen molar-refractivity contribution in [1.82, 2.24) is 0 Å². The first-order valence-electron chi connectivity index (χ1n) is 7.97. The van der Waals surface area contributed by atoms with Gasteiger partial charge in [0.2, 0.25) is 19.9 Å². The van der Waals surface area contributed by atoms with E-state index in [1.54, 1.807) is 24.3 Å². The molecule has 1 heterocycles. The monoisotopic (exact) mass is 492 g/mol. The third-order valence-electron chi connectivity index (χ3n) is 3.89. The molecule has 1 aromatic heterocycles. The summed E-state index contributed by atoms with van der Waals surface area (Å²) in [5, 5.41) is 14.4. The molecule has 0 aliphatic rings. The quantitative estimate of drug-likeness (QED) is 0.540. The molecule has 0 spiro atoms. The summed E-state index contributed by atoms with van der Waals surface area (Å²) in [7, 11) is -7.81. The standard InChI is InChI=1S/C19H13BrN2O5S2/c20-14-3-8-16(9-4-14)28(23,24)18(12-21)11-15-5-10-19(27-15)13-1-6-17(7-2-13)29(22,25)26/h1-11H,(H2,22,25,26)/b18-11-. The van der Waals surface area contributed by atoms with Crippen LogP contribution in [0.25, 0.3) is 17.4 Å². The summed E-state index contributed by atoms with van der Waals surface area (Å²) in [4.78, 5) is -0.524. The third kappa shape index (κ3) is 4.65. The maximum Gasteiger partial charge on any atom is 0.238 e. The molecule has 3 rings (SSSR count). The van der Waals surface area contributed by atoms with Gasteiger partial charge in [-0.1, -0.05) is 15.9 Å². The van der Waals surface area contributed by atoms with Crippen LogP contribution in [0.1, 0.15) is 5.76 Å². The number of rotatable bonds is 5. The maximum atomic E-state index is 12.7. The van der Waals surface area contributed by atoms with Gasteiger partial charge in [0, 0.05) is 16.1 Å². The molecule has 2 N–H and O–H groups in total. The normalized spacial score (nSPS) is 12.5. The Labute approximate surface area is 176 Å². The van der Waals surface area contributed by atoms with Crippen molar-refractivity contribution in [2.45, 2.75) is 9.79 Å². The van der Waals surface area contributed by atoms with Gasteiger partial charge in [0.15, 0.2) is 4.91 Å². The number of allylic oxidation sites excluding steroid dienone is 1. The Morgan fingerprint density at radius 1 is 0.931 bits per heavy atom. The minimum Gasteiger partial charge on any atom is -0.457 e. The van der Waals surface area contributed by atoms with E-state index >= 15 is 0 Å². The average Bonchev–Trinajstić information content (AvgIpc) is 3.14. The summed E-state index contributed by atoms with van der Waals surface area (Å²) >= 11 is 3.23. The van der Waals surface area contributed by atoms with Gasteiger partial charge in [-0.15, -0.1) is 0 Å². The molecule has 0 atom stereocenters. The predicted molar refractivity (Wildman–Crippen MR) is 110 cm³/mol. The lowest BCUT2D eigenvalue weighted by atomic mass is 10.2. The molecule has 7 nitrogen and oxygen atoms in total. The number of primary sulfonamides is 1.